The first-order valence-electron chi connectivity index (χ1n) is 8.87. The van der Waals surface area contributed by atoms with Gasteiger partial charge in [-0.15, -0.1) is 0 Å². The van der Waals surface area contributed by atoms with Gasteiger partial charge in [-0.1, -0.05) is 19.9 Å². The van der Waals surface area contributed by atoms with E-state index in [9.17, 15) is 13.2 Å². The van der Waals surface area contributed by atoms with E-state index >= 15 is 0 Å². The summed E-state index contributed by atoms with van der Waals surface area (Å²) < 4.78 is 27.0. The largest absolute Gasteiger partial charge is 0.376 e. The minimum atomic E-state index is -3.66. The third-order valence-electron chi connectivity index (χ3n) is 4.30. The number of anilines is 2. The van der Waals surface area contributed by atoms with E-state index in [2.05, 4.69) is 5.32 Å². The molecule has 0 fully saturated rings. The van der Waals surface area contributed by atoms with Crippen LogP contribution in [-0.2, 0) is 10.0 Å². The van der Waals surface area contributed by atoms with Crippen LogP contribution in [-0.4, -0.2) is 45.8 Å². The number of sulfonamides is 1. The van der Waals surface area contributed by atoms with Crippen molar-refractivity contribution in [2.24, 2.45) is 0 Å². The highest BCUT2D eigenvalue weighted by Gasteiger charge is 2.23. The van der Waals surface area contributed by atoms with Gasteiger partial charge in [0.25, 0.3) is 5.91 Å². The van der Waals surface area contributed by atoms with Crippen LogP contribution in [0.1, 0.15) is 29.8 Å². The van der Waals surface area contributed by atoms with Crippen molar-refractivity contribution in [1.29, 1.82) is 5.26 Å². The van der Waals surface area contributed by atoms with Gasteiger partial charge in [-0.2, -0.15) is 9.57 Å². The summed E-state index contributed by atoms with van der Waals surface area (Å²) in [6.07, 6.45) is 0. The van der Waals surface area contributed by atoms with Crippen LogP contribution in [0.15, 0.2) is 47.4 Å². The second-order valence-corrected chi connectivity index (χ2v) is 8.25. The average Bonchev–Trinajstić information content (AvgIpc) is 2.68. The van der Waals surface area contributed by atoms with E-state index in [-0.39, 0.29) is 4.90 Å². The Labute approximate surface area is 166 Å². The second-order valence-electron chi connectivity index (χ2n) is 6.31. The van der Waals surface area contributed by atoms with Crippen LogP contribution < -0.4 is 10.2 Å². The Kier molecular flexibility index (Phi) is 6.78. The van der Waals surface area contributed by atoms with Crippen LogP contribution in [0.2, 0.25) is 0 Å². The molecule has 7 nitrogen and oxygen atoms in total. The van der Waals surface area contributed by atoms with Gasteiger partial charge < -0.3 is 10.2 Å². The molecular formula is C20H24N4O3S. The molecule has 0 aromatic heterocycles. The highest BCUT2D eigenvalue weighted by molar-refractivity contribution is 7.89. The van der Waals surface area contributed by atoms with Crippen LogP contribution in [0, 0.1) is 11.3 Å². The van der Waals surface area contributed by atoms with Crippen LogP contribution in [0.25, 0.3) is 0 Å². The summed E-state index contributed by atoms with van der Waals surface area (Å²) >= 11 is 0. The fourth-order valence-corrected chi connectivity index (χ4v) is 4.29. The number of benzene rings is 2. The summed E-state index contributed by atoms with van der Waals surface area (Å²) in [5, 5.41) is 11.8. The summed E-state index contributed by atoms with van der Waals surface area (Å²) in [6, 6.07) is 13.0. The van der Waals surface area contributed by atoms with Gasteiger partial charge in [0.1, 0.15) is 0 Å². The van der Waals surface area contributed by atoms with Gasteiger partial charge in [-0.05, 0) is 36.4 Å². The normalized spacial score (nSPS) is 11.1. The van der Waals surface area contributed by atoms with Crippen LogP contribution in [0.5, 0.6) is 0 Å². The molecule has 0 saturated carbocycles. The summed E-state index contributed by atoms with van der Waals surface area (Å²) in [7, 11) is -0.0460. The van der Waals surface area contributed by atoms with Crippen LogP contribution >= 0.6 is 0 Å². The maximum Gasteiger partial charge on any atom is 0.255 e. The third kappa shape index (κ3) is 4.50. The maximum atomic E-state index is 12.8. The smallest absolute Gasteiger partial charge is 0.255 e. The topological polar surface area (TPSA) is 93.5 Å². The third-order valence-corrected chi connectivity index (χ3v) is 6.34. The van der Waals surface area contributed by atoms with E-state index in [1.54, 1.807) is 57.1 Å². The van der Waals surface area contributed by atoms with Gasteiger partial charge in [0.2, 0.25) is 10.0 Å². The Morgan fingerprint density at radius 1 is 1.11 bits per heavy atom. The van der Waals surface area contributed by atoms with Crippen molar-refractivity contribution < 1.29 is 13.2 Å². The molecule has 8 heteroatoms. The zero-order chi connectivity index (χ0) is 20.9. The molecule has 2 aromatic rings. The molecule has 0 saturated heterocycles. The van der Waals surface area contributed by atoms with Crippen molar-refractivity contribution in [2.75, 3.05) is 37.4 Å². The fourth-order valence-electron chi connectivity index (χ4n) is 2.80. The first-order valence-corrected chi connectivity index (χ1v) is 10.3. The molecule has 0 bridgehead atoms. The van der Waals surface area contributed by atoms with Crippen molar-refractivity contribution in [2.45, 2.75) is 18.7 Å². The molecule has 28 heavy (non-hydrogen) atoms. The Hall–Kier alpha value is -2.89. The van der Waals surface area contributed by atoms with Gasteiger partial charge in [-0.25, -0.2) is 8.42 Å². The lowest BCUT2D eigenvalue weighted by atomic mass is 10.1. The Morgan fingerprint density at radius 3 is 2.36 bits per heavy atom. The Morgan fingerprint density at radius 2 is 1.79 bits per heavy atom. The molecule has 1 amide bonds. The fraction of sp³-hybridized carbons (Fsp3) is 0.300. The van der Waals surface area contributed by atoms with E-state index in [1.807, 2.05) is 6.07 Å². The van der Waals surface area contributed by atoms with Crippen LogP contribution in [0.3, 0.4) is 0 Å². The number of nitriles is 1. The van der Waals surface area contributed by atoms with Crippen molar-refractivity contribution in [1.82, 2.24) is 4.31 Å². The van der Waals surface area contributed by atoms with Gasteiger partial charge in [0.15, 0.2) is 0 Å². The molecule has 0 atom stereocenters. The summed E-state index contributed by atoms with van der Waals surface area (Å²) in [6.45, 7) is 4.27. The van der Waals surface area contributed by atoms with Crippen molar-refractivity contribution in [3.05, 3.63) is 53.6 Å². The molecule has 0 aliphatic heterocycles. The number of carbonyl (C=O) groups is 1. The quantitative estimate of drug-likeness (QED) is 0.771. The van der Waals surface area contributed by atoms with E-state index < -0.39 is 15.9 Å². The second kappa shape index (κ2) is 8.87. The first-order chi connectivity index (χ1) is 13.2. The zero-order valence-corrected chi connectivity index (χ0v) is 17.2. The van der Waals surface area contributed by atoms with E-state index in [0.717, 1.165) is 0 Å². The molecule has 2 rings (SSSR count). The van der Waals surface area contributed by atoms with E-state index in [0.29, 0.717) is 35.6 Å². The number of rotatable bonds is 7. The summed E-state index contributed by atoms with van der Waals surface area (Å²) in [5.41, 5.74) is 1.74. The van der Waals surface area contributed by atoms with Crippen molar-refractivity contribution in [3.8, 4) is 6.07 Å². The number of hydrogen-bond acceptors (Lipinski definition) is 5. The molecule has 0 aliphatic rings. The Balaban J connectivity index is 2.47. The zero-order valence-electron chi connectivity index (χ0n) is 16.4. The minimum absolute atomic E-state index is 0.114. The van der Waals surface area contributed by atoms with Crippen molar-refractivity contribution in [3.63, 3.8) is 0 Å². The Bertz CT molecular complexity index is 1010. The number of nitrogens with zero attached hydrogens (tertiary/aromatic N) is 3. The van der Waals surface area contributed by atoms with Crippen molar-refractivity contribution >= 4 is 27.3 Å². The van der Waals surface area contributed by atoms with Gasteiger partial charge in [0, 0.05) is 32.7 Å². The minimum Gasteiger partial charge on any atom is -0.376 e. The molecule has 0 heterocycles. The maximum absolute atomic E-state index is 12.8. The lowest BCUT2D eigenvalue weighted by molar-refractivity contribution is 0.102. The molecule has 0 spiro atoms. The predicted molar refractivity (Wildman–Crippen MR) is 110 cm³/mol. The highest BCUT2D eigenvalue weighted by Crippen LogP contribution is 2.29. The molecule has 1 N–H and O–H groups in total. The van der Waals surface area contributed by atoms with E-state index in [1.165, 1.54) is 22.5 Å². The molecule has 0 aliphatic carbocycles. The molecule has 0 radical (unpaired) electrons. The number of amides is 1. The highest BCUT2D eigenvalue weighted by atomic mass is 32.2. The molecule has 2 aromatic carbocycles. The molecule has 0 unspecified atom stereocenters. The first kappa shape index (κ1) is 21.4. The number of hydrogen-bond donors (Lipinski definition) is 1. The van der Waals surface area contributed by atoms with Gasteiger partial charge in [0.05, 0.1) is 27.9 Å². The summed E-state index contributed by atoms with van der Waals surface area (Å²) in [5.74, 6) is -0.419. The molecule has 148 valence electrons. The standard InChI is InChI=1S/C20H24N4O3S/c1-5-24(6-2)28(26,27)17-10-11-19(23(3)4)18(13-17)22-20(25)16-9-7-8-15(12-16)14-21/h7-13H,5-6H2,1-4H3,(H,22,25). The van der Waals surface area contributed by atoms with Gasteiger partial charge >= 0.3 is 0 Å². The monoisotopic (exact) mass is 400 g/mol. The predicted octanol–water partition coefficient (Wildman–Crippen LogP) is 2.91. The SMILES string of the molecule is CCN(CC)S(=O)(=O)c1ccc(N(C)C)c(NC(=O)c2cccc(C#N)c2)c1. The van der Waals surface area contributed by atoms with Gasteiger partial charge in [-0.3, -0.25) is 4.79 Å². The number of carbonyl (C=O) groups excluding carboxylic acids is 1. The lowest BCUT2D eigenvalue weighted by Crippen LogP contribution is -2.30. The number of nitrogens with one attached hydrogen (secondary N) is 1. The lowest BCUT2D eigenvalue weighted by Gasteiger charge is -2.22. The average molecular weight is 401 g/mol. The summed E-state index contributed by atoms with van der Waals surface area (Å²) in [4.78, 5) is 14.6. The molecular weight excluding hydrogens is 376 g/mol. The van der Waals surface area contributed by atoms with Crippen LogP contribution in [0.4, 0.5) is 11.4 Å². The van der Waals surface area contributed by atoms with E-state index in [4.69, 9.17) is 5.26 Å².